The fraction of sp³-hybridized carbons (Fsp3) is 0.350. The number of nitrogens with one attached hydrogen (secondary N) is 2. The Morgan fingerprint density at radius 3 is 2.43 bits per heavy atom. The van der Waals surface area contributed by atoms with Gasteiger partial charge in [-0.15, -0.1) is 0 Å². The predicted molar refractivity (Wildman–Crippen MR) is 96.2 cm³/mol. The van der Waals surface area contributed by atoms with Gasteiger partial charge in [0.15, 0.2) is 0 Å². The van der Waals surface area contributed by atoms with E-state index in [-0.39, 0.29) is 17.7 Å². The minimum atomic E-state index is -4.39. The van der Waals surface area contributed by atoms with Crippen molar-refractivity contribution < 1.29 is 22.4 Å². The van der Waals surface area contributed by atoms with Crippen molar-refractivity contribution in [2.45, 2.75) is 31.2 Å². The van der Waals surface area contributed by atoms with Gasteiger partial charge in [0.25, 0.3) is 5.91 Å². The highest BCUT2D eigenvalue weighted by atomic mass is 19.4. The number of nitrogens with zero attached hydrogens (tertiary/aromatic N) is 1. The molecule has 4 rings (SSSR count). The largest absolute Gasteiger partial charge is 0.416 e. The molecule has 8 heteroatoms. The van der Waals surface area contributed by atoms with Gasteiger partial charge in [-0.3, -0.25) is 9.69 Å². The molecule has 2 aliphatic heterocycles. The first-order chi connectivity index (χ1) is 13.3. The summed E-state index contributed by atoms with van der Waals surface area (Å²) < 4.78 is 53.5. The number of hydrogen-bond donors (Lipinski definition) is 2. The van der Waals surface area contributed by atoms with Crippen molar-refractivity contribution in [3.8, 4) is 0 Å². The lowest BCUT2D eigenvalue weighted by molar-refractivity contribution is -0.138. The van der Waals surface area contributed by atoms with Crippen LogP contribution in [0, 0.1) is 5.82 Å². The summed E-state index contributed by atoms with van der Waals surface area (Å²) in [5.74, 6) is -1.05. The van der Waals surface area contributed by atoms with Crippen molar-refractivity contribution in [2.24, 2.45) is 0 Å². The van der Waals surface area contributed by atoms with Gasteiger partial charge in [0.1, 0.15) is 11.5 Å². The molecular formula is C20H19F4N3O. The molecule has 0 radical (unpaired) electrons. The molecule has 2 heterocycles. The standard InChI is InChI=1S/C20H19F4N3O/c21-15-6-3-7-16-17(15)18(28)26-19(25-16)8-10-27(11-9-19)12-13-4-1-2-5-14(13)20(22,23)24/h1-7,25H,8-12H2,(H,26,28). The molecule has 4 nitrogen and oxygen atoms in total. The van der Waals surface area contributed by atoms with Crippen LogP contribution in [-0.4, -0.2) is 29.6 Å². The van der Waals surface area contributed by atoms with E-state index in [1.54, 1.807) is 12.1 Å². The number of anilines is 1. The van der Waals surface area contributed by atoms with Crippen LogP contribution in [0.3, 0.4) is 0 Å². The SMILES string of the molecule is O=C1NC2(CCN(Cc3ccccc3C(F)(F)F)CC2)Nc2cccc(F)c21. The number of carbonyl (C=O) groups excluding carboxylic acids is 1. The monoisotopic (exact) mass is 393 g/mol. The third kappa shape index (κ3) is 3.44. The van der Waals surface area contributed by atoms with E-state index in [1.807, 2.05) is 4.90 Å². The van der Waals surface area contributed by atoms with Crippen molar-refractivity contribution in [1.82, 2.24) is 10.2 Å². The molecule has 1 amide bonds. The average molecular weight is 393 g/mol. The predicted octanol–water partition coefficient (Wildman–Crippen LogP) is 3.99. The molecule has 0 unspecified atom stereocenters. The second-order valence-corrected chi connectivity index (χ2v) is 7.25. The van der Waals surface area contributed by atoms with Crippen LogP contribution in [0.25, 0.3) is 0 Å². The Kier molecular flexibility index (Phi) is 4.53. The van der Waals surface area contributed by atoms with Crippen molar-refractivity contribution in [3.05, 3.63) is 65.0 Å². The van der Waals surface area contributed by atoms with E-state index in [0.29, 0.717) is 31.6 Å². The lowest BCUT2D eigenvalue weighted by atomic mass is 9.92. The third-order valence-corrected chi connectivity index (χ3v) is 5.39. The molecule has 0 aliphatic carbocycles. The van der Waals surface area contributed by atoms with E-state index in [1.165, 1.54) is 24.3 Å². The molecule has 0 bridgehead atoms. The second kappa shape index (κ2) is 6.77. The van der Waals surface area contributed by atoms with Crippen LogP contribution in [0.4, 0.5) is 23.2 Å². The first kappa shape index (κ1) is 18.7. The van der Waals surface area contributed by atoms with Gasteiger partial charge in [-0.05, 0) is 23.8 Å². The molecule has 2 aromatic carbocycles. The van der Waals surface area contributed by atoms with Gasteiger partial charge in [0.05, 0.1) is 16.8 Å². The summed E-state index contributed by atoms with van der Waals surface area (Å²) in [6, 6.07) is 10.0. The van der Waals surface area contributed by atoms with E-state index in [0.717, 1.165) is 6.07 Å². The molecule has 0 aromatic heterocycles. The third-order valence-electron chi connectivity index (χ3n) is 5.39. The van der Waals surface area contributed by atoms with E-state index >= 15 is 0 Å². The molecule has 0 atom stereocenters. The molecule has 148 valence electrons. The Bertz CT molecular complexity index is 905. The van der Waals surface area contributed by atoms with Crippen LogP contribution >= 0.6 is 0 Å². The Morgan fingerprint density at radius 1 is 1.00 bits per heavy atom. The van der Waals surface area contributed by atoms with Crippen LogP contribution in [-0.2, 0) is 12.7 Å². The lowest BCUT2D eigenvalue weighted by Gasteiger charge is -2.46. The molecule has 0 saturated carbocycles. The number of likely N-dealkylation sites (tertiary alicyclic amines) is 1. The zero-order valence-corrected chi connectivity index (χ0v) is 14.9. The van der Waals surface area contributed by atoms with Gasteiger partial charge in [0.2, 0.25) is 0 Å². The molecule has 2 aromatic rings. The molecule has 2 aliphatic rings. The van der Waals surface area contributed by atoms with Gasteiger partial charge in [0, 0.05) is 32.5 Å². The number of carbonyl (C=O) groups is 1. The first-order valence-corrected chi connectivity index (χ1v) is 9.04. The topological polar surface area (TPSA) is 44.4 Å². The summed E-state index contributed by atoms with van der Waals surface area (Å²) in [4.78, 5) is 14.3. The highest BCUT2D eigenvalue weighted by molar-refractivity contribution is 6.02. The number of hydrogen-bond acceptors (Lipinski definition) is 3. The summed E-state index contributed by atoms with van der Waals surface area (Å²) in [5.41, 5.74) is -0.658. The van der Waals surface area contributed by atoms with E-state index < -0.39 is 29.1 Å². The zero-order valence-electron chi connectivity index (χ0n) is 14.9. The number of alkyl halides is 3. The van der Waals surface area contributed by atoms with Crippen molar-refractivity contribution >= 4 is 11.6 Å². The Balaban J connectivity index is 1.47. The summed E-state index contributed by atoms with van der Waals surface area (Å²) in [5, 5.41) is 6.08. The fourth-order valence-corrected chi connectivity index (χ4v) is 3.95. The molecule has 2 N–H and O–H groups in total. The number of halogens is 4. The van der Waals surface area contributed by atoms with E-state index in [9.17, 15) is 22.4 Å². The normalized spacial score (nSPS) is 19.1. The summed E-state index contributed by atoms with van der Waals surface area (Å²) >= 11 is 0. The Morgan fingerprint density at radius 2 is 1.71 bits per heavy atom. The Labute approximate surface area is 159 Å². The maximum atomic E-state index is 13.9. The lowest BCUT2D eigenvalue weighted by Crippen LogP contribution is -2.62. The number of amides is 1. The molecule has 1 saturated heterocycles. The van der Waals surface area contributed by atoms with Crippen molar-refractivity contribution in [3.63, 3.8) is 0 Å². The van der Waals surface area contributed by atoms with Gasteiger partial charge in [-0.1, -0.05) is 24.3 Å². The van der Waals surface area contributed by atoms with Crippen molar-refractivity contribution in [1.29, 1.82) is 0 Å². The molecule has 1 fully saturated rings. The van der Waals surface area contributed by atoms with E-state index in [2.05, 4.69) is 10.6 Å². The van der Waals surface area contributed by atoms with E-state index in [4.69, 9.17) is 0 Å². The smallest absolute Gasteiger partial charge is 0.362 e. The maximum Gasteiger partial charge on any atom is 0.416 e. The number of fused-ring (bicyclic) bond motifs is 1. The van der Waals surface area contributed by atoms with Gasteiger partial charge in [-0.25, -0.2) is 4.39 Å². The highest BCUT2D eigenvalue weighted by Gasteiger charge is 2.41. The highest BCUT2D eigenvalue weighted by Crippen LogP contribution is 2.35. The zero-order chi connectivity index (χ0) is 19.9. The van der Waals surface area contributed by atoms with Crippen LogP contribution in [0.15, 0.2) is 42.5 Å². The van der Waals surface area contributed by atoms with Crippen LogP contribution < -0.4 is 10.6 Å². The summed E-state index contributed by atoms with van der Waals surface area (Å²) in [6.45, 7) is 1.19. The van der Waals surface area contributed by atoms with Gasteiger partial charge in [-0.2, -0.15) is 13.2 Å². The summed E-state index contributed by atoms with van der Waals surface area (Å²) in [6.07, 6.45) is -3.38. The minimum absolute atomic E-state index is 0.00495. The Hall–Kier alpha value is -2.61. The average Bonchev–Trinajstić information content (AvgIpc) is 2.63. The van der Waals surface area contributed by atoms with Crippen LogP contribution in [0.1, 0.15) is 34.3 Å². The van der Waals surface area contributed by atoms with Gasteiger partial charge < -0.3 is 10.6 Å². The first-order valence-electron chi connectivity index (χ1n) is 9.04. The second-order valence-electron chi connectivity index (χ2n) is 7.25. The number of rotatable bonds is 2. The molecule has 1 spiro atoms. The number of benzene rings is 2. The molecule has 28 heavy (non-hydrogen) atoms. The molecular weight excluding hydrogens is 374 g/mol. The quantitative estimate of drug-likeness (QED) is 0.759. The van der Waals surface area contributed by atoms with Crippen molar-refractivity contribution in [2.75, 3.05) is 18.4 Å². The fourth-order valence-electron chi connectivity index (χ4n) is 3.95. The summed E-state index contributed by atoms with van der Waals surface area (Å²) in [7, 11) is 0. The minimum Gasteiger partial charge on any atom is -0.362 e. The van der Waals surface area contributed by atoms with Crippen LogP contribution in [0.5, 0.6) is 0 Å². The number of piperidine rings is 1. The van der Waals surface area contributed by atoms with Gasteiger partial charge >= 0.3 is 6.18 Å². The van der Waals surface area contributed by atoms with Crippen LogP contribution in [0.2, 0.25) is 0 Å². The maximum absolute atomic E-state index is 13.9.